The van der Waals surface area contributed by atoms with Crippen molar-refractivity contribution in [3.05, 3.63) is 71.9 Å². The van der Waals surface area contributed by atoms with E-state index in [-0.39, 0.29) is 11.6 Å². The third-order valence-corrected chi connectivity index (χ3v) is 3.15. The van der Waals surface area contributed by atoms with Crippen LogP contribution in [-0.2, 0) is 0 Å². The van der Waals surface area contributed by atoms with Crippen LogP contribution in [0.3, 0.4) is 0 Å². The molecule has 0 aliphatic heterocycles. The fourth-order valence-corrected chi connectivity index (χ4v) is 2.19. The molecule has 0 radical (unpaired) electrons. The van der Waals surface area contributed by atoms with Gasteiger partial charge >= 0.3 is 0 Å². The van der Waals surface area contributed by atoms with Crippen molar-refractivity contribution in [3.8, 4) is 16.9 Å². The molecule has 4 heteroatoms. The molecule has 2 aromatic carbocycles. The third-order valence-electron chi connectivity index (χ3n) is 3.15. The second kappa shape index (κ2) is 4.89. The molecule has 0 aliphatic carbocycles. The number of benzene rings is 2. The summed E-state index contributed by atoms with van der Waals surface area (Å²) in [6, 6.07) is 12.5. The summed E-state index contributed by atoms with van der Waals surface area (Å²) in [5, 5.41) is 4.23. The fraction of sp³-hybridized carbons (Fsp3) is 0.0625. The number of nitrogens with zero attached hydrogens (tertiary/aromatic N) is 2. The quantitative estimate of drug-likeness (QED) is 0.684. The number of para-hydroxylation sites is 1. The maximum Gasteiger partial charge on any atom is 0.148 e. The lowest BCUT2D eigenvalue weighted by molar-refractivity contribution is 0.611. The molecular formula is C16H12F2N2. The average molecular weight is 270 g/mol. The van der Waals surface area contributed by atoms with Gasteiger partial charge in [-0.05, 0) is 48.9 Å². The van der Waals surface area contributed by atoms with Crippen LogP contribution < -0.4 is 0 Å². The van der Waals surface area contributed by atoms with Crippen LogP contribution in [0.5, 0.6) is 0 Å². The van der Waals surface area contributed by atoms with Gasteiger partial charge in [-0.25, -0.2) is 13.5 Å². The Bertz CT molecular complexity index is 745. The Balaban J connectivity index is 2.20. The Morgan fingerprint density at radius 2 is 1.65 bits per heavy atom. The van der Waals surface area contributed by atoms with Crippen molar-refractivity contribution in [1.29, 1.82) is 0 Å². The lowest BCUT2D eigenvalue weighted by Crippen LogP contribution is -2.02. The molecule has 0 fully saturated rings. The Kier molecular flexibility index (Phi) is 3.06. The Labute approximate surface area is 115 Å². The lowest BCUT2D eigenvalue weighted by Gasteiger charge is -2.09. The van der Waals surface area contributed by atoms with E-state index in [4.69, 9.17) is 0 Å². The van der Waals surface area contributed by atoms with Crippen molar-refractivity contribution >= 4 is 0 Å². The van der Waals surface area contributed by atoms with E-state index < -0.39 is 0 Å². The average Bonchev–Trinajstić information content (AvgIpc) is 2.82. The highest BCUT2D eigenvalue weighted by Crippen LogP contribution is 2.27. The van der Waals surface area contributed by atoms with Crippen molar-refractivity contribution < 1.29 is 8.78 Å². The van der Waals surface area contributed by atoms with Crippen LogP contribution in [0, 0.1) is 18.6 Å². The zero-order valence-electron chi connectivity index (χ0n) is 10.8. The molecule has 1 heterocycles. The van der Waals surface area contributed by atoms with Crippen molar-refractivity contribution in [2.45, 2.75) is 6.92 Å². The van der Waals surface area contributed by atoms with Crippen LogP contribution in [0.25, 0.3) is 16.9 Å². The molecule has 0 spiro atoms. The first-order valence-corrected chi connectivity index (χ1v) is 6.22. The largest absolute Gasteiger partial charge is 0.230 e. The first-order valence-electron chi connectivity index (χ1n) is 6.22. The van der Waals surface area contributed by atoms with Crippen molar-refractivity contribution in [2.75, 3.05) is 0 Å². The highest BCUT2D eigenvalue weighted by atomic mass is 19.1. The van der Waals surface area contributed by atoms with Gasteiger partial charge in [-0.15, -0.1) is 0 Å². The molecule has 0 bridgehead atoms. The summed E-state index contributed by atoms with van der Waals surface area (Å²) in [5.41, 5.74) is 2.83. The van der Waals surface area contributed by atoms with E-state index >= 15 is 0 Å². The predicted octanol–water partition coefficient (Wildman–Crippen LogP) is 4.13. The number of halogens is 2. The van der Waals surface area contributed by atoms with Gasteiger partial charge in [0.1, 0.15) is 17.3 Å². The third kappa shape index (κ3) is 2.09. The van der Waals surface area contributed by atoms with Gasteiger partial charge in [0.25, 0.3) is 0 Å². The molecule has 0 unspecified atom stereocenters. The maximum absolute atomic E-state index is 13.9. The molecule has 0 N–H and O–H groups in total. The maximum atomic E-state index is 13.9. The molecule has 1 aromatic heterocycles. The van der Waals surface area contributed by atoms with Gasteiger partial charge in [0.2, 0.25) is 0 Å². The Morgan fingerprint density at radius 3 is 2.35 bits per heavy atom. The lowest BCUT2D eigenvalue weighted by atomic mass is 10.1. The van der Waals surface area contributed by atoms with Gasteiger partial charge in [-0.1, -0.05) is 12.1 Å². The Morgan fingerprint density at radius 1 is 0.950 bits per heavy atom. The van der Waals surface area contributed by atoms with Crippen LogP contribution >= 0.6 is 0 Å². The topological polar surface area (TPSA) is 17.8 Å². The van der Waals surface area contributed by atoms with Gasteiger partial charge in [0.15, 0.2) is 0 Å². The molecule has 3 aromatic rings. The van der Waals surface area contributed by atoms with Crippen LogP contribution in [0.15, 0.2) is 54.7 Å². The molecule has 0 amide bonds. The molecule has 0 saturated carbocycles. The van der Waals surface area contributed by atoms with Gasteiger partial charge in [0, 0.05) is 5.56 Å². The van der Waals surface area contributed by atoms with E-state index in [1.807, 2.05) is 6.92 Å². The minimum absolute atomic E-state index is 0.302. The zero-order chi connectivity index (χ0) is 14.1. The molecule has 100 valence electrons. The minimum atomic E-state index is -0.348. The molecule has 0 aliphatic rings. The van der Waals surface area contributed by atoms with Gasteiger partial charge in [0.05, 0.1) is 11.9 Å². The standard InChI is InChI=1S/C16H12F2N2/c1-11-10-19-20(15-5-3-2-4-14(15)18)16(11)12-6-8-13(17)9-7-12/h2-10H,1H3. The first-order chi connectivity index (χ1) is 9.66. The summed E-state index contributed by atoms with van der Waals surface area (Å²) >= 11 is 0. The van der Waals surface area contributed by atoms with Crippen molar-refractivity contribution in [2.24, 2.45) is 0 Å². The molecule has 0 saturated heterocycles. The number of aromatic nitrogens is 2. The normalized spacial score (nSPS) is 10.8. The number of aryl methyl sites for hydroxylation is 1. The van der Waals surface area contributed by atoms with E-state index in [1.54, 1.807) is 36.5 Å². The number of hydrogen-bond donors (Lipinski definition) is 0. The van der Waals surface area contributed by atoms with Crippen LogP contribution in [0.4, 0.5) is 8.78 Å². The summed E-state index contributed by atoms with van der Waals surface area (Å²) in [7, 11) is 0. The second-order valence-electron chi connectivity index (χ2n) is 4.55. The van der Waals surface area contributed by atoms with Gasteiger partial charge in [-0.3, -0.25) is 0 Å². The van der Waals surface area contributed by atoms with E-state index in [1.165, 1.54) is 22.9 Å². The summed E-state index contributed by atoms with van der Waals surface area (Å²) in [5.74, 6) is -0.651. The van der Waals surface area contributed by atoms with E-state index in [0.29, 0.717) is 5.69 Å². The zero-order valence-corrected chi connectivity index (χ0v) is 10.8. The fourth-order valence-electron chi connectivity index (χ4n) is 2.19. The summed E-state index contributed by atoms with van der Waals surface area (Å²) in [4.78, 5) is 0. The first kappa shape index (κ1) is 12.5. The minimum Gasteiger partial charge on any atom is -0.230 e. The van der Waals surface area contributed by atoms with Crippen LogP contribution in [0.2, 0.25) is 0 Å². The van der Waals surface area contributed by atoms with Crippen LogP contribution in [-0.4, -0.2) is 9.78 Å². The van der Waals surface area contributed by atoms with E-state index in [0.717, 1.165) is 16.8 Å². The molecule has 2 nitrogen and oxygen atoms in total. The highest BCUT2D eigenvalue weighted by molar-refractivity contribution is 5.65. The molecular weight excluding hydrogens is 258 g/mol. The van der Waals surface area contributed by atoms with E-state index in [2.05, 4.69) is 5.10 Å². The highest BCUT2D eigenvalue weighted by Gasteiger charge is 2.14. The van der Waals surface area contributed by atoms with Crippen molar-refractivity contribution in [3.63, 3.8) is 0 Å². The molecule has 3 rings (SSSR count). The van der Waals surface area contributed by atoms with E-state index in [9.17, 15) is 8.78 Å². The molecule has 0 atom stereocenters. The summed E-state index contributed by atoms with van der Waals surface area (Å²) < 4.78 is 28.5. The van der Waals surface area contributed by atoms with Crippen molar-refractivity contribution in [1.82, 2.24) is 9.78 Å². The predicted molar refractivity (Wildman–Crippen MR) is 73.7 cm³/mol. The number of rotatable bonds is 2. The van der Waals surface area contributed by atoms with Crippen LogP contribution in [0.1, 0.15) is 5.56 Å². The summed E-state index contributed by atoms with van der Waals surface area (Å²) in [6.07, 6.45) is 1.67. The second-order valence-corrected chi connectivity index (χ2v) is 4.55. The van der Waals surface area contributed by atoms with Gasteiger partial charge < -0.3 is 0 Å². The monoisotopic (exact) mass is 270 g/mol. The SMILES string of the molecule is Cc1cnn(-c2ccccc2F)c1-c1ccc(F)cc1. The molecule has 20 heavy (non-hydrogen) atoms. The smallest absolute Gasteiger partial charge is 0.148 e. The van der Waals surface area contributed by atoms with Gasteiger partial charge in [-0.2, -0.15) is 5.10 Å². The number of hydrogen-bond acceptors (Lipinski definition) is 1. The Hall–Kier alpha value is -2.49. The summed E-state index contributed by atoms with van der Waals surface area (Å²) in [6.45, 7) is 1.89.